The van der Waals surface area contributed by atoms with Crippen LogP contribution < -0.4 is 4.90 Å². The number of halogens is 1. The molecule has 0 radical (unpaired) electrons. The zero-order chi connectivity index (χ0) is 11.7. The van der Waals surface area contributed by atoms with E-state index < -0.39 is 0 Å². The number of rotatable bonds is 1. The van der Waals surface area contributed by atoms with Crippen LogP contribution >= 0.6 is 11.6 Å². The first-order valence-electron chi connectivity index (χ1n) is 5.52. The lowest BCUT2D eigenvalue weighted by Gasteiger charge is -2.34. The van der Waals surface area contributed by atoms with Crippen LogP contribution in [0, 0.1) is 13.8 Å². The molecule has 5 heteroatoms. The summed E-state index contributed by atoms with van der Waals surface area (Å²) in [6.07, 6.45) is 0. The first-order valence-corrected chi connectivity index (χ1v) is 5.90. The van der Waals surface area contributed by atoms with E-state index in [0.717, 1.165) is 43.4 Å². The minimum Gasteiger partial charge on any atom is -0.354 e. The second-order valence-electron chi connectivity index (χ2n) is 4.30. The van der Waals surface area contributed by atoms with Crippen LogP contribution in [0.1, 0.15) is 11.4 Å². The number of hydrogen-bond donors (Lipinski definition) is 0. The lowest BCUT2D eigenvalue weighted by atomic mass is 10.2. The summed E-state index contributed by atoms with van der Waals surface area (Å²) < 4.78 is 0. The van der Waals surface area contributed by atoms with Crippen LogP contribution in [-0.4, -0.2) is 48.1 Å². The van der Waals surface area contributed by atoms with Gasteiger partial charge in [-0.15, -0.1) is 0 Å². The van der Waals surface area contributed by atoms with E-state index in [4.69, 9.17) is 11.6 Å². The monoisotopic (exact) mass is 240 g/mol. The number of likely N-dealkylation sites (N-methyl/N-ethyl adjacent to an activating group) is 1. The lowest BCUT2D eigenvalue weighted by Crippen LogP contribution is -2.45. The maximum Gasteiger partial charge on any atom is 0.137 e. The fraction of sp³-hybridized carbons (Fsp3) is 0.636. The van der Waals surface area contributed by atoms with Gasteiger partial charge in [-0.1, -0.05) is 11.6 Å². The Morgan fingerprint density at radius 2 is 1.69 bits per heavy atom. The summed E-state index contributed by atoms with van der Waals surface area (Å²) in [5, 5.41) is 0.571. The highest BCUT2D eigenvalue weighted by Gasteiger charge is 2.18. The molecule has 88 valence electrons. The van der Waals surface area contributed by atoms with E-state index in [0.29, 0.717) is 5.15 Å². The minimum atomic E-state index is 0.571. The second-order valence-corrected chi connectivity index (χ2v) is 4.66. The molecule has 0 bridgehead atoms. The third kappa shape index (κ3) is 2.28. The fourth-order valence-electron chi connectivity index (χ4n) is 1.91. The molecular weight excluding hydrogens is 224 g/mol. The van der Waals surface area contributed by atoms with Gasteiger partial charge in [-0.3, -0.25) is 0 Å². The Balaban J connectivity index is 2.26. The van der Waals surface area contributed by atoms with Crippen LogP contribution in [0.3, 0.4) is 0 Å². The van der Waals surface area contributed by atoms with Gasteiger partial charge in [0.2, 0.25) is 0 Å². The van der Waals surface area contributed by atoms with Crippen molar-refractivity contribution in [3.63, 3.8) is 0 Å². The van der Waals surface area contributed by atoms with Crippen molar-refractivity contribution in [1.29, 1.82) is 0 Å². The average molecular weight is 241 g/mol. The molecule has 1 aromatic heterocycles. The zero-order valence-electron chi connectivity index (χ0n) is 10.00. The van der Waals surface area contributed by atoms with E-state index in [-0.39, 0.29) is 0 Å². The van der Waals surface area contributed by atoms with E-state index in [1.165, 1.54) is 0 Å². The summed E-state index contributed by atoms with van der Waals surface area (Å²) in [6.45, 7) is 8.01. The number of nitrogens with zero attached hydrogens (tertiary/aromatic N) is 4. The van der Waals surface area contributed by atoms with Gasteiger partial charge in [0, 0.05) is 31.7 Å². The molecule has 1 fully saturated rings. The van der Waals surface area contributed by atoms with Crippen molar-refractivity contribution >= 4 is 17.4 Å². The van der Waals surface area contributed by atoms with Crippen molar-refractivity contribution in [3.8, 4) is 0 Å². The molecule has 0 saturated carbocycles. The molecule has 16 heavy (non-hydrogen) atoms. The first-order chi connectivity index (χ1) is 7.58. The number of piperazine rings is 1. The van der Waals surface area contributed by atoms with Crippen LogP contribution in [0.25, 0.3) is 0 Å². The predicted molar refractivity (Wildman–Crippen MR) is 66.2 cm³/mol. The normalized spacial score (nSPS) is 17.9. The molecule has 0 atom stereocenters. The van der Waals surface area contributed by atoms with Crippen molar-refractivity contribution < 1.29 is 0 Å². The molecule has 1 saturated heterocycles. The maximum absolute atomic E-state index is 6.08. The smallest absolute Gasteiger partial charge is 0.137 e. The minimum absolute atomic E-state index is 0.571. The molecule has 1 aliphatic rings. The van der Waals surface area contributed by atoms with E-state index in [2.05, 4.69) is 26.8 Å². The summed E-state index contributed by atoms with van der Waals surface area (Å²) in [6, 6.07) is 0. The third-order valence-electron chi connectivity index (χ3n) is 2.98. The predicted octanol–water partition coefficient (Wildman–Crippen LogP) is 1.50. The Kier molecular flexibility index (Phi) is 3.30. The van der Waals surface area contributed by atoms with Gasteiger partial charge in [0.05, 0.1) is 0 Å². The molecule has 0 amide bonds. The van der Waals surface area contributed by atoms with Gasteiger partial charge in [0.25, 0.3) is 0 Å². The highest BCUT2D eigenvalue weighted by molar-refractivity contribution is 6.30. The van der Waals surface area contributed by atoms with E-state index in [1.54, 1.807) is 0 Å². The van der Waals surface area contributed by atoms with Gasteiger partial charge in [-0.25, -0.2) is 9.97 Å². The van der Waals surface area contributed by atoms with Crippen LogP contribution in [0.15, 0.2) is 0 Å². The number of aromatic nitrogens is 2. The molecule has 0 N–H and O–H groups in total. The molecule has 2 rings (SSSR count). The van der Waals surface area contributed by atoms with Gasteiger partial charge in [-0.2, -0.15) is 0 Å². The molecule has 1 aromatic rings. The van der Waals surface area contributed by atoms with Gasteiger partial charge >= 0.3 is 0 Å². The van der Waals surface area contributed by atoms with Crippen molar-refractivity contribution in [2.24, 2.45) is 0 Å². The van der Waals surface area contributed by atoms with Crippen molar-refractivity contribution in [2.75, 3.05) is 38.1 Å². The Hall–Kier alpha value is -0.870. The number of aryl methyl sites for hydroxylation is 1. The molecule has 0 aliphatic carbocycles. The Morgan fingerprint density at radius 3 is 2.31 bits per heavy atom. The molecule has 0 unspecified atom stereocenters. The Bertz CT molecular complexity index is 386. The quantitative estimate of drug-likeness (QED) is 0.697. The van der Waals surface area contributed by atoms with Gasteiger partial charge in [-0.05, 0) is 20.9 Å². The van der Waals surface area contributed by atoms with Crippen LogP contribution in [0.4, 0.5) is 5.82 Å². The lowest BCUT2D eigenvalue weighted by molar-refractivity contribution is 0.312. The maximum atomic E-state index is 6.08. The summed E-state index contributed by atoms with van der Waals surface area (Å²) in [5.41, 5.74) is 0.983. The van der Waals surface area contributed by atoms with Crippen molar-refractivity contribution in [1.82, 2.24) is 14.9 Å². The van der Waals surface area contributed by atoms with E-state index in [9.17, 15) is 0 Å². The van der Waals surface area contributed by atoms with Gasteiger partial charge < -0.3 is 9.80 Å². The molecule has 0 aromatic carbocycles. The topological polar surface area (TPSA) is 32.3 Å². The molecule has 2 heterocycles. The largest absolute Gasteiger partial charge is 0.354 e. The standard InChI is InChI=1S/C11H17ClN4/c1-8-10(12)13-9(2)14-11(8)16-6-4-15(3)5-7-16/h4-7H2,1-3H3. The van der Waals surface area contributed by atoms with Crippen LogP contribution in [0.5, 0.6) is 0 Å². The molecule has 4 nitrogen and oxygen atoms in total. The zero-order valence-corrected chi connectivity index (χ0v) is 10.8. The summed E-state index contributed by atoms with van der Waals surface area (Å²) in [7, 11) is 2.14. The molecule has 0 spiro atoms. The summed E-state index contributed by atoms with van der Waals surface area (Å²) in [5.74, 6) is 1.73. The first kappa shape index (κ1) is 11.6. The van der Waals surface area contributed by atoms with E-state index >= 15 is 0 Å². The number of anilines is 1. The highest BCUT2D eigenvalue weighted by Crippen LogP contribution is 2.23. The van der Waals surface area contributed by atoms with Crippen LogP contribution in [0.2, 0.25) is 5.15 Å². The third-order valence-corrected chi connectivity index (χ3v) is 3.34. The highest BCUT2D eigenvalue weighted by atomic mass is 35.5. The second kappa shape index (κ2) is 4.55. The summed E-state index contributed by atoms with van der Waals surface area (Å²) >= 11 is 6.08. The molecule has 1 aliphatic heterocycles. The Labute approximate surface area is 101 Å². The average Bonchev–Trinajstić information content (AvgIpc) is 2.25. The fourth-order valence-corrected chi connectivity index (χ4v) is 2.11. The Morgan fingerprint density at radius 1 is 1.06 bits per heavy atom. The van der Waals surface area contributed by atoms with Crippen LogP contribution in [-0.2, 0) is 0 Å². The SMILES string of the molecule is Cc1nc(Cl)c(C)c(N2CCN(C)CC2)n1. The van der Waals surface area contributed by atoms with Gasteiger partial charge in [0.15, 0.2) is 0 Å². The van der Waals surface area contributed by atoms with Gasteiger partial charge in [0.1, 0.15) is 16.8 Å². The van der Waals surface area contributed by atoms with Crippen molar-refractivity contribution in [2.45, 2.75) is 13.8 Å². The molecular formula is C11H17ClN4. The summed E-state index contributed by atoms with van der Waals surface area (Å²) in [4.78, 5) is 13.3. The van der Waals surface area contributed by atoms with E-state index in [1.807, 2.05) is 13.8 Å². The van der Waals surface area contributed by atoms with Crippen molar-refractivity contribution in [3.05, 3.63) is 16.5 Å². The number of hydrogen-bond acceptors (Lipinski definition) is 4.